The Kier molecular flexibility index (Phi) is 6.91. The molecule has 0 saturated heterocycles. The zero-order valence-corrected chi connectivity index (χ0v) is 16.2. The summed E-state index contributed by atoms with van der Waals surface area (Å²) in [6.45, 7) is 11.8. The number of nitrogens with one attached hydrogen (secondary N) is 2. The van der Waals surface area contributed by atoms with E-state index in [2.05, 4.69) is 10.6 Å². The van der Waals surface area contributed by atoms with Crippen molar-refractivity contribution in [1.82, 2.24) is 5.32 Å². The molecule has 2 N–H and O–H groups in total. The van der Waals surface area contributed by atoms with Crippen LogP contribution in [0.15, 0.2) is 24.3 Å². The van der Waals surface area contributed by atoms with Gasteiger partial charge >= 0.3 is 0 Å². The van der Waals surface area contributed by atoms with Gasteiger partial charge in [0.05, 0.1) is 0 Å². The molecule has 0 atom stereocenters. The van der Waals surface area contributed by atoms with Crippen molar-refractivity contribution in [3.8, 4) is 0 Å². The van der Waals surface area contributed by atoms with Gasteiger partial charge in [0.1, 0.15) is 0 Å². The summed E-state index contributed by atoms with van der Waals surface area (Å²) in [7, 11) is 0. The third kappa shape index (κ3) is 9.03. The number of carbonyl (C=O) groups excluding carboxylic acids is 3. The van der Waals surface area contributed by atoms with Gasteiger partial charge in [-0.2, -0.15) is 0 Å². The van der Waals surface area contributed by atoms with Crippen molar-refractivity contribution in [3.63, 3.8) is 0 Å². The van der Waals surface area contributed by atoms with Crippen molar-refractivity contribution < 1.29 is 14.4 Å². The maximum absolute atomic E-state index is 12.2. The average molecular weight is 346 g/mol. The van der Waals surface area contributed by atoms with E-state index in [9.17, 15) is 14.4 Å². The van der Waals surface area contributed by atoms with E-state index < -0.39 is 0 Å². The van der Waals surface area contributed by atoms with E-state index in [1.807, 2.05) is 41.5 Å². The average Bonchev–Trinajstić information content (AvgIpc) is 2.42. The van der Waals surface area contributed by atoms with Crippen LogP contribution in [-0.4, -0.2) is 23.1 Å². The highest BCUT2D eigenvalue weighted by molar-refractivity contribution is 5.97. The molecule has 5 nitrogen and oxygen atoms in total. The molecule has 0 saturated carbocycles. The topological polar surface area (TPSA) is 75.3 Å². The zero-order valence-electron chi connectivity index (χ0n) is 16.2. The molecule has 1 aromatic carbocycles. The molecule has 0 spiro atoms. The number of rotatable bonds is 6. The summed E-state index contributed by atoms with van der Waals surface area (Å²) >= 11 is 0. The minimum atomic E-state index is -0.303. The van der Waals surface area contributed by atoms with Crippen LogP contribution in [0.1, 0.15) is 71.2 Å². The van der Waals surface area contributed by atoms with Crippen LogP contribution in [0, 0.1) is 5.41 Å². The highest BCUT2D eigenvalue weighted by atomic mass is 16.2. The molecule has 0 aliphatic rings. The van der Waals surface area contributed by atoms with E-state index in [0.717, 1.165) is 0 Å². The molecule has 1 aromatic rings. The number of anilines is 1. The number of hydrogen-bond acceptors (Lipinski definition) is 3. The van der Waals surface area contributed by atoms with Gasteiger partial charge in [-0.3, -0.25) is 14.4 Å². The van der Waals surface area contributed by atoms with Gasteiger partial charge in [0.15, 0.2) is 5.78 Å². The molecule has 0 radical (unpaired) electrons. The predicted molar refractivity (Wildman–Crippen MR) is 101 cm³/mol. The molecule has 0 bridgehead atoms. The molecule has 1 rings (SSSR count). The standard InChI is InChI=1S/C20H30N2O3/c1-19(2,3)13-16(23)14-7-9-15(10-8-14)21-17(24)11-12-18(25)22-20(4,5)6/h7-10H,11-13H2,1-6H3,(H,21,24)(H,22,25). The van der Waals surface area contributed by atoms with Gasteiger partial charge in [0, 0.05) is 36.1 Å². The second kappa shape index (κ2) is 8.28. The minimum absolute atomic E-state index is 0.0579. The Morgan fingerprint density at radius 3 is 1.84 bits per heavy atom. The second-order valence-corrected chi connectivity index (χ2v) is 8.58. The van der Waals surface area contributed by atoms with Gasteiger partial charge in [0.2, 0.25) is 11.8 Å². The lowest BCUT2D eigenvalue weighted by Gasteiger charge is -2.20. The highest BCUT2D eigenvalue weighted by Crippen LogP contribution is 2.22. The first-order chi connectivity index (χ1) is 11.4. The summed E-state index contributed by atoms with van der Waals surface area (Å²) in [5, 5.41) is 5.56. The molecule has 0 aromatic heterocycles. The first-order valence-electron chi connectivity index (χ1n) is 8.60. The fraction of sp³-hybridized carbons (Fsp3) is 0.550. The van der Waals surface area contributed by atoms with Crippen molar-refractivity contribution in [1.29, 1.82) is 0 Å². The maximum atomic E-state index is 12.2. The lowest BCUT2D eigenvalue weighted by molar-refractivity contribution is -0.125. The molecule has 5 heteroatoms. The van der Waals surface area contributed by atoms with Crippen LogP contribution in [0.5, 0.6) is 0 Å². The monoisotopic (exact) mass is 346 g/mol. The van der Waals surface area contributed by atoms with Gasteiger partial charge in [0.25, 0.3) is 0 Å². The van der Waals surface area contributed by atoms with E-state index in [1.54, 1.807) is 24.3 Å². The largest absolute Gasteiger partial charge is 0.351 e. The molecule has 2 amide bonds. The van der Waals surface area contributed by atoms with Gasteiger partial charge < -0.3 is 10.6 Å². The molecular weight excluding hydrogens is 316 g/mol. The van der Waals surface area contributed by atoms with Gasteiger partial charge in [-0.15, -0.1) is 0 Å². The first kappa shape index (κ1) is 20.9. The van der Waals surface area contributed by atoms with Crippen LogP contribution in [0.2, 0.25) is 0 Å². The first-order valence-corrected chi connectivity index (χ1v) is 8.60. The Labute approximate surface area is 150 Å². The number of amides is 2. The highest BCUT2D eigenvalue weighted by Gasteiger charge is 2.17. The minimum Gasteiger partial charge on any atom is -0.351 e. The fourth-order valence-corrected chi connectivity index (χ4v) is 2.25. The van der Waals surface area contributed by atoms with E-state index in [-0.39, 0.29) is 41.4 Å². The third-order valence-corrected chi connectivity index (χ3v) is 3.28. The fourth-order valence-electron chi connectivity index (χ4n) is 2.25. The number of hydrogen-bond donors (Lipinski definition) is 2. The Morgan fingerprint density at radius 1 is 0.840 bits per heavy atom. The van der Waals surface area contributed by atoms with Crippen LogP contribution >= 0.6 is 0 Å². The second-order valence-electron chi connectivity index (χ2n) is 8.58. The Balaban J connectivity index is 2.51. The van der Waals surface area contributed by atoms with E-state index >= 15 is 0 Å². The molecule has 138 valence electrons. The Morgan fingerprint density at radius 2 is 1.36 bits per heavy atom. The number of ketones is 1. The quantitative estimate of drug-likeness (QED) is 0.766. The van der Waals surface area contributed by atoms with Crippen LogP contribution in [0.3, 0.4) is 0 Å². The number of benzene rings is 1. The van der Waals surface area contributed by atoms with Crippen LogP contribution in [-0.2, 0) is 9.59 Å². The van der Waals surface area contributed by atoms with Crippen molar-refractivity contribution in [2.45, 2.75) is 66.3 Å². The van der Waals surface area contributed by atoms with Gasteiger partial charge in [-0.1, -0.05) is 20.8 Å². The number of Topliss-reactive ketones (excluding diaryl/α,β-unsaturated/α-hetero) is 1. The van der Waals surface area contributed by atoms with E-state index in [4.69, 9.17) is 0 Å². The Bertz CT molecular complexity index is 620. The molecule has 0 unspecified atom stereocenters. The molecule has 0 fully saturated rings. The van der Waals surface area contributed by atoms with Crippen molar-refractivity contribution in [2.24, 2.45) is 5.41 Å². The van der Waals surface area contributed by atoms with Gasteiger partial charge in [-0.25, -0.2) is 0 Å². The van der Waals surface area contributed by atoms with E-state index in [0.29, 0.717) is 17.7 Å². The molecule has 0 heterocycles. The third-order valence-electron chi connectivity index (χ3n) is 3.28. The van der Waals surface area contributed by atoms with Crippen molar-refractivity contribution >= 4 is 23.3 Å². The molecule has 25 heavy (non-hydrogen) atoms. The van der Waals surface area contributed by atoms with Gasteiger partial charge in [-0.05, 0) is 50.5 Å². The molecular formula is C20H30N2O3. The van der Waals surface area contributed by atoms with Crippen LogP contribution in [0.4, 0.5) is 5.69 Å². The summed E-state index contributed by atoms with van der Waals surface area (Å²) in [6.07, 6.45) is 0.736. The normalized spacial score (nSPS) is 11.8. The predicted octanol–water partition coefficient (Wildman–Crippen LogP) is 3.94. The zero-order chi connectivity index (χ0) is 19.3. The summed E-state index contributed by atoms with van der Waals surface area (Å²) in [6, 6.07) is 6.86. The number of carbonyl (C=O) groups is 3. The van der Waals surface area contributed by atoms with Crippen LogP contribution in [0.25, 0.3) is 0 Å². The Hall–Kier alpha value is -2.17. The summed E-state index contributed by atoms with van der Waals surface area (Å²) < 4.78 is 0. The van der Waals surface area contributed by atoms with Crippen molar-refractivity contribution in [2.75, 3.05) is 5.32 Å². The smallest absolute Gasteiger partial charge is 0.224 e. The SMILES string of the molecule is CC(C)(C)CC(=O)c1ccc(NC(=O)CCC(=O)NC(C)(C)C)cc1. The molecule has 0 aliphatic carbocycles. The maximum Gasteiger partial charge on any atom is 0.224 e. The summed E-state index contributed by atoms with van der Waals surface area (Å²) in [4.78, 5) is 35.8. The van der Waals surface area contributed by atoms with E-state index in [1.165, 1.54) is 0 Å². The summed E-state index contributed by atoms with van der Waals surface area (Å²) in [5.41, 5.74) is 0.895. The lowest BCUT2D eigenvalue weighted by Crippen LogP contribution is -2.40. The van der Waals surface area contributed by atoms with Crippen molar-refractivity contribution in [3.05, 3.63) is 29.8 Å². The summed E-state index contributed by atoms with van der Waals surface area (Å²) in [5.74, 6) is -0.284. The van der Waals surface area contributed by atoms with Crippen LogP contribution < -0.4 is 10.6 Å². The molecule has 0 aliphatic heterocycles. The lowest BCUT2D eigenvalue weighted by atomic mass is 9.88.